The molecule has 138 valence electrons. The minimum Gasteiger partial charge on any atom is -0.465 e. The molecule has 0 aliphatic heterocycles. The SMILES string of the molecule is COCCCN(C)CC(=O)Nc1cc(C(=O)OC)cc(C(=O)OC)c1. The van der Waals surface area contributed by atoms with Gasteiger partial charge in [-0.05, 0) is 31.7 Å². The number of anilines is 1. The predicted molar refractivity (Wildman–Crippen MR) is 91.7 cm³/mol. The van der Waals surface area contributed by atoms with Gasteiger partial charge in [-0.15, -0.1) is 0 Å². The Kier molecular flexibility index (Phi) is 8.59. The third kappa shape index (κ3) is 6.90. The van der Waals surface area contributed by atoms with Crippen LogP contribution < -0.4 is 5.32 Å². The van der Waals surface area contributed by atoms with E-state index in [0.29, 0.717) is 18.8 Å². The molecule has 8 heteroatoms. The zero-order valence-corrected chi connectivity index (χ0v) is 15.0. The summed E-state index contributed by atoms with van der Waals surface area (Å²) in [5, 5.41) is 2.67. The molecular weight excluding hydrogens is 328 g/mol. The number of ether oxygens (including phenoxy) is 3. The highest BCUT2D eigenvalue weighted by molar-refractivity contribution is 5.99. The standard InChI is InChI=1S/C17H24N2O6/c1-19(6-5-7-23-2)11-15(20)18-14-9-12(16(21)24-3)8-13(10-14)17(22)25-4/h8-10H,5-7,11H2,1-4H3,(H,18,20). The van der Waals surface area contributed by atoms with Crippen molar-refractivity contribution in [1.82, 2.24) is 4.90 Å². The number of esters is 2. The quantitative estimate of drug-likeness (QED) is 0.526. The van der Waals surface area contributed by atoms with E-state index in [1.54, 1.807) is 7.11 Å². The number of benzene rings is 1. The van der Waals surface area contributed by atoms with Crippen LogP contribution in [0.15, 0.2) is 18.2 Å². The molecule has 0 atom stereocenters. The molecule has 25 heavy (non-hydrogen) atoms. The van der Waals surface area contributed by atoms with Gasteiger partial charge in [-0.3, -0.25) is 9.69 Å². The molecule has 0 saturated carbocycles. The number of nitrogens with zero attached hydrogens (tertiary/aromatic N) is 1. The van der Waals surface area contributed by atoms with Crippen molar-refractivity contribution in [3.8, 4) is 0 Å². The van der Waals surface area contributed by atoms with Gasteiger partial charge in [-0.25, -0.2) is 9.59 Å². The minimum absolute atomic E-state index is 0.147. The summed E-state index contributed by atoms with van der Waals surface area (Å²) in [6, 6.07) is 4.24. The molecular formula is C17H24N2O6. The number of hydrogen-bond donors (Lipinski definition) is 1. The summed E-state index contributed by atoms with van der Waals surface area (Å²) in [4.78, 5) is 37.5. The van der Waals surface area contributed by atoms with Gasteiger partial charge in [0.15, 0.2) is 0 Å². The van der Waals surface area contributed by atoms with Crippen molar-refractivity contribution in [1.29, 1.82) is 0 Å². The third-order valence-electron chi connectivity index (χ3n) is 3.36. The molecule has 0 radical (unpaired) electrons. The van der Waals surface area contributed by atoms with Crippen LogP contribution in [0, 0.1) is 0 Å². The molecule has 0 fully saturated rings. The molecule has 1 N–H and O–H groups in total. The van der Waals surface area contributed by atoms with Gasteiger partial charge in [0.25, 0.3) is 0 Å². The first-order valence-corrected chi connectivity index (χ1v) is 7.70. The summed E-state index contributed by atoms with van der Waals surface area (Å²) in [6.45, 7) is 1.49. The highest BCUT2D eigenvalue weighted by Gasteiger charge is 2.15. The number of carbonyl (C=O) groups is 3. The molecule has 0 bridgehead atoms. The summed E-state index contributed by atoms with van der Waals surface area (Å²) < 4.78 is 14.3. The summed E-state index contributed by atoms with van der Waals surface area (Å²) >= 11 is 0. The smallest absolute Gasteiger partial charge is 0.337 e. The second-order valence-corrected chi connectivity index (χ2v) is 5.41. The first kappa shape index (κ1) is 20.6. The fraction of sp³-hybridized carbons (Fsp3) is 0.471. The fourth-order valence-electron chi connectivity index (χ4n) is 2.17. The Labute approximate surface area is 147 Å². The topological polar surface area (TPSA) is 94.2 Å². The maximum Gasteiger partial charge on any atom is 0.337 e. The van der Waals surface area contributed by atoms with Gasteiger partial charge < -0.3 is 19.5 Å². The van der Waals surface area contributed by atoms with E-state index in [2.05, 4.69) is 14.8 Å². The van der Waals surface area contributed by atoms with Gasteiger partial charge in [0, 0.05) is 25.9 Å². The van der Waals surface area contributed by atoms with Gasteiger partial charge in [-0.1, -0.05) is 0 Å². The van der Waals surface area contributed by atoms with Crippen molar-refractivity contribution >= 4 is 23.5 Å². The second kappa shape index (κ2) is 10.4. The number of amides is 1. The van der Waals surface area contributed by atoms with E-state index in [9.17, 15) is 14.4 Å². The molecule has 0 saturated heterocycles. The normalized spacial score (nSPS) is 10.4. The van der Waals surface area contributed by atoms with Gasteiger partial charge in [0.2, 0.25) is 5.91 Å². The summed E-state index contributed by atoms with van der Waals surface area (Å²) in [7, 11) is 5.92. The molecule has 0 aromatic heterocycles. The number of hydrogen-bond acceptors (Lipinski definition) is 7. The number of methoxy groups -OCH3 is 3. The molecule has 0 aliphatic rings. The lowest BCUT2D eigenvalue weighted by atomic mass is 10.1. The predicted octanol–water partition coefficient (Wildman–Crippen LogP) is 1.17. The van der Waals surface area contributed by atoms with Crippen molar-refractivity contribution in [2.45, 2.75) is 6.42 Å². The summed E-state index contributed by atoms with van der Waals surface area (Å²) in [6.07, 6.45) is 0.810. The average molecular weight is 352 g/mol. The number of rotatable bonds is 9. The Morgan fingerprint density at radius 3 is 2.04 bits per heavy atom. The Balaban J connectivity index is 2.83. The molecule has 8 nitrogen and oxygen atoms in total. The Morgan fingerprint density at radius 1 is 1.00 bits per heavy atom. The minimum atomic E-state index is -0.613. The molecule has 1 rings (SSSR count). The number of likely N-dealkylation sites (N-methyl/N-ethyl adjacent to an activating group) is 1. The first-order chi connectivity index (χ1) is 11.9. The molecule has 1 aromatic carbocycles. The Bertz CT molecular complexity index is 583. The Morgan fingerprint density at radius 2 is 1.56 bits per heavy atom. The largest absolute Gasteiger partial charge is 0.465 e. The highest BCUT2D eigenvalue weighted by Crippen LogP contribution is 2.17. The molecule has 0 unspecified atom stereocenters. The van der Waals surface area contributed by atoms with Gasteiger partial charge in [0.1, 0.15) is 0 Å². The van der Waals surface area contributed by atoms with Crippen LogP contribution >= 0.6 is 0 Å². The van der Waals surface area contributed by atoms with Crippen LogP contribution in [0.3, 0.4) is 0 Å². The van der Waals surface area contributed by atoms with Crippen LogP contribution in [0.4, 0.5) is 5.69 Å². The molecule has 1 amide bonds. The van der Waals surface area contributed by atoms with E-state index in [1.165, 1.54) is 32.4 Å². The van der Waals surface area contributed by atoms with E-state index >= 15 is 0 Å². The van der Waals surface area contributed by atoms with Crippen LogP contribution in [0.2, 0.25) is 0 Å². The lowest BCUT2D eigenvalue weighted by molar-refractivity contribution is -0.117. The van der Waals surface area contributed by atoms with Gasteiger partial charge in [0.05, 0.1) is 31.9 Å². The lowest BCUT2D eigenvalue weighted by Crippen LogP contribution is -2.31. The summed E-state index contributed by atoms with van der Waals surface area (Å²) in [5.41, 5.74) is 0.613. The highest BCUT2D eigenvalue weighted by atomic mass is 16.5. The Hall–Kier alpha value is -2.45. The fourth-order valence-corrected chi connectivity index (χ4v) is 2.17. The monoisotopic (exact) mass is 352 g/mol. The van der Waals surface area contributed by atoms with E-state index in [1.807, 2.05) is 11.9 Å². The van der Waals surface area contributed by atoms with E-state index in [-0.39, 0.29) is 23.6 Å². The molecule has 0 spiro atoms. The van der Waals surface area contributed by atoms with Crippen molar-refractivity contribution < 1.29 is 28.6 Å². The van der Waals surface area contributed by atoms with E-state index < -0.39 is 11.9 Å². The van der Waals surface area contributed by atoms with E-state index in [0.717, 1.165) is 6.42 Å². The van der Waals surface area contributed by atoms with Crippen LogP contribution in [0.1, 0.15) is 27.1 Å². The van der Waals surface area contributed by atoms with Crippen LogP contribution in [0.5, 0.6) is 0 Å². The van der Waals surface area contributed by atoms with Crippen LogP contribution in [0.25, 0.3) is 0 Å². The molecule has 1 aromatic rings. The van der Waals surface area contributed by atoms with E-state index in [4.69, 9.17) is 4.74 Å². The lowest BCUT2D eigenvalue weighted by Gasteiger charge is -2.16. The zero-order chi connectivity index (χ0) is 18.8. The second-order valence-electron chi connectivity index (χ2n) is 5.41. The van der Waals surface area contributed by atoms with Crippen LogP contribution in [-0.4, -0.2) is 70.8 Å². The zero-order valence-electron chi connectivity index (χ0n) is 15.0. The van der Waals surface area contributed by atoms with Crippen LogP contribution in [-0.2, 0) is 19.0 Å². The number of nitrogens with one attached hydrogen (secondary N) is 1. The van der Waals surface area contributed by atoms with Crippen molar-refractivity contribution in [2.24, 2.45) is 0 Å². The van der Waals surface area contributed by atoms with Crippen molar-refractivity contribution in [2.75, 3.05) is 53.4 Å². The third-order valence-corrected chi connectivity index (χ3v) is 3.36. The van der Waals surface area contributed by atoms with Gasteiger partial charge in [-0.2, -0.15) is 0 Å². The summed E-state index contributed by atoms with van der Waals surface area (Å²) in [5.74, 6) is -1.49. The molecule has 0 heterocycles. The van der Waals surface area contributed by atoms with Crippen molar-refractivity contribution in [3.05, 3.63) is 29.3 Å². The average Bonchev–Trinajstić information content (AvgIpc) is 2.59. The first-order valence-electron chi connectivity index (χ1n) is 7.70. The molecule has 0 aliphatic carbocycles. The van der Waals surface area contributed by atoms with Gasteiger partial charge >= 0.3 is 11.9 Å². The van der Waals surface area contributed by atoms with Crippen molar-refractivity contribution in [3.63, 3.8) is 0 Å². The maximum atomic E-state index is 12.1. The maximum absolute atomic E-state index is 12.1. The number of carbonyl (C=O) groups excluding carboxylic acids is 3.